The zero-order valence-electron chi connectivity index (χ0n) is 25.1. The smallest absolute Gasteiger partial charge is 0.410 e. The van der Waals surface area contributed by atoms with Crippen molar-refractivity contribution >= 4 is 39.9 Å². The number of thioether (sulfide) groups is 1. The highest BCUT2D eigenvalue weighted by Crippen LogP contribution is 2.52. The number of likely N-dealkylation sites (tertiary alicyclic amines) is 1. The number of nitrogens with two attached hydrogens (primary N) is 1. The lowest BCUT2D eigenvalue weighted by atomic mass is 9.79. The second-order valence-corrected chi connectivity index (χ2v) is 14.8. The molecule has 0 unspecified atom stereocenters. The number of esters is 1. The largest absolute Gasteiger partial charge is 0.497 e. The summed E-state index contributed by atoms with van der Waals surface area (Å²) in [4.78, 5) is 43.2. The van der Waals surface area contributed by atoms with Crippen LogP contribution in [0.25, 0.3) is 0 Å². The van der Waals surface area contributed by atoms with Gasteiger partial charge in [0.15, 0.2) is 0 Å². The summed E-state index contributed by atoms with van der Waals surface area (Å²) < 4.78 is 41.9. The van der Waals surface area contributed by atoms with Crippen molar-refractivity contribution in [2.75, 3.05) is 20.2 Å². The molecular weight excluding hydrogens is 600 g/mol. The monoisotopic (exact) mass is 640 g/mol. The Morgan fingerprint density at radius 2 is 1.88 bits per heavy atom. The van der Waals surface area contributed by atoms with Crippen molar-refractivity contribution in [1.82, 2.24) is 14.5 Å². The van der Waals surface area contributed by atoms with E-state index in [1.165, 1.54) is 21.6 Å². The van der Waals surface area contributed by atoms with Gasteiger partial charge < -0.3 is 29.1 Å². The van der Waals surface area contributed by atoms with Crippen LogP contribution in [-0.4, -0.2) is 90.5 Å². The Hall–Kier alpha value is -2.85. The maximum atomic E-state index is 13.5. The van der Waals surface area contributed by atoms with E-state index >= 15 is 0 Å². The third-order valence-corrected chi connectivity index (χ3v) is 9.71. The van der Waals surface area contributed by atoms with E-state index < -0.39 is 52.0 Å². The van der Waals surface area contributed by atoms with E-state index in [0.29, 0.717) is 17.1 Å². The lowest BCUT2D eigenvalue weighted by molar-refractivity contribution is -0.164. The molecule has 2 amide bonds. The van der Waals surface area contributed by atoms with Crippen LogP contribution in [0.4, 0.5) is 4.79 Å². The second kappa shape index (κ2) is 12.6. The van der Waals surface area contributed by atoms with E-state index in [9.17, 15) is 27.9 Å². The number of aliphatic hydroxyl groups excluding tert-OH is 1. The molecule has 6 atom stereocenters. The average molecular weight is 641 g/mol. The van der Waals surface area contributed by atoms with Crippen molar-refractivity contribution in [1.29, 1.82) is 0 Å². The molecule has 3 aliphatic rings. The highest BCUT2D eigenvalue weighted by Gasteiger charge is 2.60. The van der Waals surface area contributed by atoms with E-state index in [2.05, 4.69) is 4.72 Å². The number of nitrogens with zero attached hydrogens (tertiary/aromatic N) is 2. The SMILES string of the molecule is COc1ccc(COC(=O)C2=C(S[C@H]3C[C@@H](CNS(N)(=O)=O)N(C(=O)OC(C)(C)C)C3)[C@H](C)[C@@H]3[C@@H]([C@@H](C)O)C(=O)N23)cc1. The molecule has 0 aliphatic carbocycles. The number of fused-ring (bicyclic) bond motifs is 1. The summed E-state index contributed by atoms with van der Waals surface area (Å²) in [6.45, 7) is 8.72. The molecule has 0 aromatic heterocycles. The molecule has 0 bridgehead atoms. The van der Waals surface area contributed by atoms with Gasteiger partial charge in [0.1, 0.15) is 23.7 Å². The molecule has 3 aliphatic heterocycles. The van der Waals surface area contributed by atoms with Crippen molar-refractivity contribution in [2.24, 2.45) is 17.0 Å². The van der Waals surface area contributed by atoms with Crippen molar-refractivity contribution in [3.63, 3.8) is 0 Å². The Bertz CT molecular complexity index is 1380. The Kier molecular flexibility index (Phi) is 9.71. The summed E-state index contributed by atoms with van der Waals surface area (Å²) in [6.07, 6.45) is -1.13. The van der Waals surface area contributed by atoms with Gasteiger partial charge in [-0.1, -0.05) is 19.1 Å². The molecule has 0 saturated carbocycles. The maximum absolute atomic E-state index is 13.5. The lowest BCUT2D eigenvalue weighted by Crippen LogP contribution is -2.63. The van der Waals surface area contributed by atoms with Crippen LogP contribution < -0.4 is 14.6 Å². The molecule has 3 heterocycles. The number of hydrogen-bond donors (Lipinski definition) is 3. The van der Waals surface area contributed by atoms with Gasteiger partial charge in [-0.2, -0.15) is 8.42 Å². The Labute approximate surface area is 256 Å². The highest BCUT2D eigenvalue weighted by molar-refractivity contribution is 8.03. The van der Waals surface area contributed by atoms with Crippen LogP contribution in [0, 0.1) is 11.8 Å². The molecule has 1 aromatic rings. The number of β-lactam (4-membered cyclic amide) rings is 1. The molecule has 2 fully saturated rings. The van der Waals surface area contributed by atoms with Gasteiger partial charge in [0.05, 0.1) is 25.2 Å². The number of nitrogens with one attached hydrogen (secondary N) is 1. The molecule has 15 heteroatoms. The standard InChI is InChI=1S/C28H40N4O9S2/c1-15-22-21(16(2)33)25(34)32(22)23(26(35)40-14-17-7-9-19(39-6)10-8-17)24(15)42-20-11-18(12-30-43(29,37)38)31(13-20)27(36)41-28(3,4)5/h7-10,15-16,18,20-22,30,33H,11-14H2,1-6H3,(H2,29,37,38)/t15-,16-,18+,20+,21-,22-/m1/s1. The Morgan fingerprint density at radius 1 is 1.23 bits per heavy atom. The van der Waals surface area contributed by atoms with Crippen LogP contribution in [0.2, 0.25) is 0 Å². The maximum Gasteiger partial charge on any atom is 0.410 e. The predicted octanol–water partition coefficient (Wildman–Crippen LogP) is 1.71. The van der Waals surface area contributed by atoms with Gasteiger partial charge in [-0.15, -0.1) is 11.8 Å². The summed E-state index contributed by atoms with van der Waals surface area (Å²) in [5.41, 5.74) is 0.0945. The number of carbonyl (C=O) groups excluding carboxylic acids is 3. The van der Waals surface area contributed by atoms with Gasteiger partial charge in [0.2, 0.25) is 5.91 Å². The first-order valence-electron chi connectivity index (χ1n) is 14.0. The van der Waals surface area contributed by atoms with Gasteiger partial charge >= 0.3 is 12.1 Å². The normalized spacial score (nSPS) is 26.2. The molecule has 2 saturated heterocycles. The van der Waals surface area contributed by atoms with Crippen molar-refractivity contribution in [3.8, 4) is 5.75 Å². The molecular formula is C28H40N4O9S2. The van der Waals surface area contributed by atoms with Crippen LogP contribution >= 0.6 is 11.8 Å². The predicted molar refractivity (Wildman–Crippen MR) is 159 cm³/mol. The van der Waals surface area contributed by atoms with Gasteiger partial charge in [-0.3, -0.25) is 4.79 Å². The molecule has 0 radical (unpaired) electrons. The second-order valence-electron chi connectivity index (χ2n) is 12.0. The highest BCUT2D eigenvalue weighted by atomic mass is 32.2. The van der Waals surface area contributed by atoms with Crippen LogP contribution in [0.15, 0.2) is 34.9 Å². The minimum atomic E-state index is -4.01. The van der Waals surface area contributed by atoms with E-state index in [4.69, 9.17) is 19.3 Å². The zero-order valence-corrected chi connectivity index (χ0v) is 26.7. The molecule has 1 aromatic carbocycles. The van der Waals surface area contributed by atoms with Crippen molar-refractivity contribution in [3.05, 3.63) is 40.4 Å². The number of aliphatic hydroxyl groups is 1. The molecule has 4 rings (SSSR count). The van der Waals surface area contributed by atoms with Crippen molar-refractivity contribution < 1.29 is 42.1 Å². The number of rotatable bonds is 10. The number of amides is 2. The van der Waals surface area contributed by atoms with Gasteiger partial charge in [-0.05, 0) is 51.8 Å². The van der Waals surface area contributed by atoms with E-state index in [1.807, 2.05) is 6.92 Å². The van der Waals surface area contributed by atoms with Crippen LogP contribution in [0.3, 0.4) is 0 Å². The molecule has 13 nitrogen and oxygen atoms in total. The average Bonchev–Trinajstić information content (AvgIpc) is 3.42. The summed E-state index contributed by atoms with van der Waals surface area (Å²) in [5.74, 6) is -1.31. The first-order chi connectivity index (χ1) is 20.0. The number of ether oxygens (including phenoxy) is 3. The van der Waals surface area contributed by atoms with Gasteiger partial charge in [0.25, 0.3) is 10.2 Å². The lowest BCUT2D eigenvalue weighted by Gasteiger charge is -2.46. The fraction of sp³-hybridized carbons (Fsp3) is 0.607. The zero-order chi connectivity index (χ0) is 31.9. The summed E-state index contributed by atoms with van der Waals surface area (Å²) in [7, 11) is -2.45. The van der Waals surface area contributed by atoms with Crippen molar-refractivity contribution in [2.45, 2.75) is 76.7 Å². The first-order valence-corrected chi connectivity index (χ1v) is 16.4. The molecule has 0 spiro atoms. The van der Waals surface area contributed by atoms with E-state index in [1.54, 1.807) is 59.1 Å². The fourth-order valence-corrected chi connectivity index (χ4v) is 7.68. The minimum absolute atomic E-state index is 0.0255. The van der Waals surface area contributed by atoms with Gasteiger partial charge in [-0.25, -0.2) is 19.5 Å². The Morgan fingerprint density at radius 3 is 2.44 bits per heavy atom. The number of methoxy groups -OCH3 is 1. The molecule has 43 heavy (non-hydrogen) atoms. The summed E-state index contributed by atoms with van der Waals surface area (Å²) in [5, 5.41) is 15.2. The number of carbonyl (C=O) groups is 3. The summed E-state index contributed by atoms with van der Waals surface area (Å²) in [6, 6.07) is 6.07. The number of hydrogen-bond acceptors (Lipinski definition) is 10. The van der Waals surface area contributed by atoms with Gasteiger partial charge in [0, 0.05) is 35.2 Å². The third kappa shape index (κ3) is 7.45. The topological polar surface area (TPSA) is 178 Å². The third-order valence-electron chi connectivity index (χ3n) is 7.65. The quantitative estimate of drug-likeness (QED) is 0.252. The summed E-state index contributed by atoms with van der Waals surface area (Å²) >= 11 is 1.35. The van der Waals surface area contributed by atoms with Crippen LogP contribution in [0.5, 0.6) is 5.75 Å². The van der Waals surface area contributed by atoms with E-state index in [-0.39, 0.29) is 42.5 Å². The Balaban J connectivity index is 1.58. The number of benzene rings is 1. The van der Waals surface area contributed by atoms with Crippen LogP contribution in [-0.2, 0) is 35.9 Å². The molecule has 238 valence electrons. The van der Waals surface area contributed by atoms with Crippen LogP contribution in [0.1, 0.15) is 46.6 Å². The first kappa shape index (κ1) is 33.1. The van der Waals surface area contributed by atoms with E-state index in [0.717, 1.165) is 5.56 Å². The molecule has 4 N–H and O–H groups in total. The fourth-order valence-electron chi connectivity index (χ4n) is 5.70. The minimum Gasteiger partial charge on any atom is -0.497 e.